The van der Waals surface area contributed by atoms with E-state index in [-0.39, 0.29) is 11.9 Å². The number of hydrogen-bond donors (Lipinski definition) is 1. The molecule has 1 aliphatic heterocycles. The molecule has 0 aromatic heterocycles. The zero-order valence-corrected chi connectivity index (χ0v) is 23.0. The predicted molar refractivity (Wildman–Crippen MR) is 146 cm³/mol. The third kappa shape index (κ3) is 6.96. The van der Waals surface area contributed by atoms with Gasteiger partial charge in [-0.15, -0.1) is 0 Å². The normalized spacial score (nSPS) is 16.8. The summed E-state index contributed by atoms with van der Waals surface area (Å²) in [6, 6.07) is 14.3. The maximum Gasteiger partial charge on any atom is 0.407 e. The van der Waals surface area contributed by atoms with E-state index in [4.69, 9.17) is 4.74 Å². The summed E-state index contributed by atoms with van der Waals surface area (Å²) in [6.07, 6.45) is 1.91. The number of amides is 1. The van der Waals surface area contributed by atoms with Crippen LogP contribution in [0.15, 0.2) is 52.3 Å². The molecule has 1 amide bonds. The molecule has 196 valence electrons. The number of hydrogen-bond acceptors (Lipinski definition) is 5. The first kappa shape index (κ1) is 27.9. The van der Waals surface area contributed by atoms with Crippen molar-refractivity contribution in [3.05, 3.63) is 53.6 Å². The van der Waals surface area contributed by atoms with Crippen molar-refractivity contribution in [2.24, 2.45) is 5.92 Å². The fourth-order valence-electron chi connectivity index (χ4n) is 4.94. The third-order valence-corrected chi connectivity index (χ3v) is 8.12. The molecule has 3 rings (SSSR count). The van der Waals surface area contributed by atoms with Crippen LogP contribution < -0.4 is 4.90 Å². The lowest BCUT2D eigenvalue weighted by atomic mass is 9.98. The Morgan fingerprint density at radius 1 is 1.06 bits per heavy atom. The molecule has 6 nitrogen and oxygen atoms in total. The molecule has 0 aliphatic carbocycles. The van der Waals surface area contributed by atoms with Crippen molar-refractivity contribution < 1.29 is 19.4 Å². The number of esters is 1. The molecule has 1 heterocycles. The van der Waals surface area contributed by atoms with Crippen LogP contribution in [0.5, 0.6) is 0 Å². The minimum absolute atomic E-state index is 0.129. The topological polar surface area (TPSA) is 70.1 Å². The predicted octanol–water partition coefficient (Wildman–Crippen LogP) is 6.77. The van der Waals surface area contributed by atoms with Crippen LogP contribution >= 0.6 is 11.8 Å². The first-order valence-electron chi connectivity index (χ1n) is 13.0. The van der Waals surface area contributed by atoms with Crippen molar-refractivity contribution in [3.8, 4) is 0 Å². The standard InChI is InChI=1S/C29H40N2O4S/c1-6-10-23(11-7-2)28(32)35-22(5)25-19-30(16-17-31(25)29(33)34)24-12-8-9-13-27(24)36-26-15-14-20(3)18-21(26)4/h8-9,12-15,18,22-23,25H,6-7,10-11,16-17,19H2,1-5H3,(H,33,34). The van der Waals surface area contributed by atoms with Crippen molar-refractivity contribution in [1.29, 1.82) is 0 Å². The highest BCUT2D eigenvalue weighted by Crippen LogP contribution is 2.38. The van der Waals surface area contributed by atoms with Gasteiger partial charge in [0.1, 0.15) is 6.10 Å². The van der Waals surface area contributed by atoms with Crippen LogP contribution in [0.4, 0.5) is 10.5 Å². The van der Waals surface area contributed by atoms with E-state index in [1.54, 1.807) is 11.8 Å². The van der Waals surface area contributed by atoms with Crippen LogP contribution in [0.3, 0.4) is 0 Å². The number of benzene rings is 2. The number of carbonyl (C=O) groups is 2. The van der Waals surface area contributed by atoms with Crippen molar-refractivity contribution in [2.45, 2.75) is 82.2 Å². The second-order valence-corrected chi connectivity index (χ2v) is 10.8. The lowest BCUT2D eigenvalue weighted by Gasteiger charge is -2.43. The van der Waals surface area contributed by atoms with E-state index in [0.717, 1.165) is 36.3 Å². The zero-order chi connectivity index (χ0) is 26.2. The molecular formula is C29H40N2O4S. The van der Waals surface area contributed by atoms with Gasteiger partial charge in [-0.05, 0) is 57.4 Å². The van der Waals surface area contributed by atoms with E-state index in [0.29, 0.717) is 19.6 Å². The number of rotatable bonds is 10. The number of para-hydroxylation sites is 1. The van der Waals surface area contributed by atoms with Crippen LogP contribution in [0.2, 0.25) is 0 Å². The van der Waals surface area contributed by atoms with Crippen molar-refractivity contribution in [2.75, 3.05) is 24.5 Å². The average molecular weight is 513 g/mol. The van der Waals surface area contributed by atoms with Gasteiger partial charge in [0.25, 0.3) is 0 Å². The summed E-state index contributed by atoms with van der Waals surface area (Å²) in [6.45, 7) is 11.6. The van der Waals surface area contributed by atoms with Gasteiger partial charge in [-0.3, -0.25) is 9.69 Å². The van der Waals surface area contributed by atoms with Crippen molar-refractivity contribution in [3.63, 3.8) is 0 Å². The van der Waals surface area contributed by atoms with Gasteiger partial charge in [-0.25, -0.2) is 4.79 Å². The fourth-order valence-corrected chi connectivity index (χ4v) is 5.98. The summed E-state index contributed by atoms with van der Waals surface area (Å²) in [4.78, 5) is 31.0. The first-order valence-corrected chi connectivity index (χ1v) is 13.9. The monoisotopic (exact) mass is 512 g/mol. The van der Waals surface area contributed by atoms with Gasteiger partial charge in [-0.1, -0.05) is 68.3 Å². The highest BCUT2D eigenvalue weighted by Gasteiger charge is 2.37. The number of aryl methyl sites for hydroxylation is 2. The van der Waals surface area contributed by atoms with Crippen LogP contribution in [0, 0.1) is 19.8 Å². The largest absolute Gasteiger partial charge is 0.465 e. The Labute approximate surface area is 220 Å². The highest BCUT2D eigenvalue weighted by atomic mass is 32.2. The minimum atomic E-state index is -0.973. The second kappa shape index (κ2) is 13.0. The number of piperazine rings is 1. The molecule has 0 spiro atoms. The van der Waals surface area contributed by atoms with E-state index in [9.17, 15) is 14.7 Å². The van der Waals surface area contributed by atoms with Crippen molar-refractivity contribution >= 4 is 29.5 Å². The Bertz CT molecular complexity index is 1040. The molecule has 0 bridgehead atoms. The molecule has 1 fully saturated rings. The fraction of sp³-hybridized carbons (Fsp3) is 0.517. The maximum atomic E-state index is 12.9. The lowest BCUT2D eigenvalue weighted by molar-refractivity contribution is -0.157. The Balaban J connectivity index is 1.81. The molecule has 2 aromatic carbocycles. The molecule has 1 saturated heterocycles. The van der Waals surface area contributed by atoms with Gasteiger partial charge < -0.3 is 14.7 Å². The first-order chi connectivity index (χ1) is 17.2. The molecule has 2 atom stereocenters. The molecule has 2 aromatic rings. The van der Waals surface area contributed by atoms with Gasteiger partial charge in [0.2, 0.25) is 0 Å². The van der Waals surface area contributed by atoms with Crippen LogP contribution in [0.25, 0.3) is 0 Å². The summed E-state index contributed by atoms with van der Waals surface area (Å²) in [5.74, 6) is -0.338. The summed E-state index contributed by atoms with van der Waals surface area (Å²) < 4.78 is 5.90. The summed E-state index contributed by atoms with van der Waals surface area (Å²) in [5.41, 5.74) is 3.55. The molecule has 0 radical (unpaired) electrons. The van der Waals surface area contributed by atoms with Gasteiger partial charge in [0.15, 0.2) is 0 Å². The van der Waals surface area contributed by atoms with Gasteiger partial charge in [0.05, 0.1) is 17.6 Å². The van der Waals surface area contributed by atoms with E-state index in [1.807, 2.05) is 19.1 Å². The van der Waals surface area contributed by atoms with E-state index < -0.39 is 18.2 Å². The molecule has 36 heavy (non-hydrogen) atoms. The molecule has 2 unspecified atom stereocenters. The number of ether oxygens (including phenoxy) is 1. The SMILES string of the molecule is CCCC(CCC)C(=O)OC(C)C1CN(c2ccccc2Sc2ccc(C)cc2C)CCN1C(=O)O. The molecule has 1 aliphatic rings. The number of carboxylic acid groups (broad SMARTS) is 1. The average Bonchev–Trinajstić information content (AvgIpc) is 2.85. The molecular weight excluding hydrogens is 472 g/mol. The number of anilines is 1. The highest BCUT2D eigenvalue weighted by molar-refractivity contribution is 7.99. The van der Waals surface area contributed by atoms with E-state index in [1.165, 1.54) is 20.9 Å². The zero-order valence-electron chi connectivity index (χ0n) is 22.2. The Hall–Kier alpha value is -2.67. The van der Waals surface area contributed by atoms with Crippen molar-refractivity contribution in [1.82, 2.24) is 4.90 Å². The van der Waals surface area contributed by atoms with Crippen LogP contribution in [-0.4, -0.2) is 53.8 Å². The number of nitrogens with zero attached hydrogens (tertiary/aromatic N) is 2. The van der Waals surface area contributed by atoms with Crippen LogP contribution in [0.1, 0.15) is 57.6 Å². The smallest absolute Gasteiger partial charge is 0.407 e. The Morgan fingerprint density at radius 2 is 1.75 bits per heavy atom. The summed E-state index contributed by atoms with van der Waals surface area (Å²) in [5, 5.41) is 9.89. The molecule has 0 saturated carbocycles. The van der Waals surface area contributed by atoms with Gasteiger partial charge in [0, 0.05) is 29.4 Å². The minimum Gasteiger partial charge on any atom is -0.465 e. The molecule has 1 N–H and O–H groups in total. The van der Waals surface area contributed by atoms with Gasteiger partial charge in [-0.2, -0.15) is 0 Å². The van der Waals surface area contributed by atoms with E-state index in [2.05, 4.69) is 62.9 Å². The van der Waals surface area contributed by atoms with E-state index >= 15 is 0 Å². The maximum absolute atomic E-state index is 12.9. The third-order valence-electron chi connectivity index (χ3n) is 6.87. The second-order valence-electron chi connectivity index (χ2n) is 9.74. The lowest BCUT2D eigenvalue weighted by Crippen LogP contribution is -2.59. The summed E-state index contributed by atoms with van der Waals surface area (Å²) in [7, 11) is 0. The van der Waals surface area contributed by atoms with Crippen LogP contribution in [-0.2, 0) is 9.53 Å². The summed E-state index contributed by atoms with van der Waals surface area (Å²) >= 11 is 1.73. The quantitative estimate of drug-likeness (QED) is 0.354. The number of carbonyl (C=O) groups excluding carboxylic acids is 1. The molecule has 7 heteroatoms. The van der Waals surface area contributed by atoms with Gasteiger partial charge >= 0.3 is 12.1 Å². The Morgan fingerprint density at radius 3 is 2.39 bits per heavy atom. The Kier molecular flexibility index (Phi) is 10.1.